The van der Waals surface area contributed by atoms with Gasteiger partial charge in [-0.2, -0.15) is 0 Å². The van der Waals surface area contributed by atoms with Crippen molar-refractivity contribution in [2.75, 3.05) is 6.67 Å². The van der Waals surface area contributed by atoms with Crippen molar-refractivity contribution in [3.8, 4) is 0 Å². The van der Waals surface area contributed by atoms with Crippen molar-refractivity contribution in [3.63, 3.8) is 0 Å². The van der Waals surface area contributed by atoms with Gasteiger partial charge in [-0.05, 0) is 23.3 Å². The third-order valence-electron chi connectivity index (χ3n) is 1.61. The molecule has 0 bridgehead atoms. The molecular weight excluding hydrogens is 266 g/mol. The van der Waals surface area contributed by atoms with E-state index in [0.717, 1.165) is 6.42 Å². The molecule has 0 amide bonds. The highest BCUT2D eigenvalue weighted by molar-refractivity contribution is 14.1. The summed E-state index contributed by atoms with van der Waals surface area (Å²) in [5.41, 5.74) is 1.27. The van der Waals surface area contributed by atoms with Gasteiger partial charge in [0.15, 0.2) is 0 Å². The van der Waals surface area contributed by atoms with Crippen LogP contribution in [0.3, 0.4) is 0 Å². The smallest absolute Gasteiger partial charge is 0.0929 e. The Labute approximate surface area is 88.1 Å². The molecule has 0 radical (unpaired) electrons. The second kappa shape index (κ2) is 9.23. The third kappa shape index (κ3) is 6.83. The van der Waals surface area contributed by atoms with Gasteiger partial charge in [0, 0.05) is 0 Å². The number of allylic oxidation sites excluding steroid dienone is 3. The maximum atomic E-state index is 11.8. The van der Waals surface area contributed by atoms with E-state index in [1.54, 1.807) is 0 Å². The lowest BCUT2D eigenvalue weighted by Crippen LogP contribution is -1.80. The Hall–Kier alpha value is 0.140. The van der Waals surface area contributed by atoms with E-state index in [9.17, 15) is 4.39 Å². The lowest BCUT2D eigenvalue weighted by atomic mass is 10.1. The summed E-state index contributed by atoms with van der Waals surface area (Å²) >= 11 is 2.19. The number of hydrogen-bond acceptors (Lipinski definition) is 0. The first-order valence-electron chi connectivity index (χ1n) is 4.37. The Bertz CT molecular complexity index is 150. The Morgan fingerprint density at radius 3 is 2.75 bits per heavy atom. The van der Waals surface area contributed by atoms with E-state index in [1.807, 2.05) is 10.2 Å². The van der Waals surface area contributed by atoms with Crippen molar-refractivity contribution in [3.05, 3.63) is 21.8 Å². The van der Waals surface area contributed by atoms with Crippen molar-refractivity contribution in [1.29, 1.82) is 0 Å². The summed E-state index contributed by atoms with van der Waals surface area (Å²) in [6.45, 7) is 1.92. The second-order valence-corrected chi connectivity index (χ2v) is 3.37. The maximum absolute atomic E-state index is 11.8. The first-order chi connectivity index (χ1) is 5.85. The fourth-order valence-electron chi connectivity index (χ4n) is 0.955. The highest BCUT2D eigenvalue weighted by Gasteiger charge is 1.91. The summed E-state index contributed by atoms with van der Waals surface area (Å²) in [5.74, 6) is 0. The largest absolute Gasteiger partial charge is 0.251 e. The van der Waals surface area contributed by atoms with E-state index >= 15 is 0 Å². The number of rotatable bonds is 6. The van der Waals surface area contributed by atoms with Gasteiger partial charge in [0.1, 0.15) is 0 Å². The fourth-order valence-corrected chi connectivity index (χ4v) is 1.42. The Balaban J connectivity index is 3.84. The van der Waals surface area contributed by atoms with Crippen molar-refractivity contribution in [1.82, 2.24) is 0 Å². The molecule has 0 rings (SSSR count). The summed E-state index contributed by atoms with van der Waals surface area (Å²) in [6.07, 6.45) is 8.08. The van der Waals surface area contributed by atoms with Gasteiger partial charge in [0.05, 0.1) is 6.67 Å². The molecule has 0 aromatic carbocycles. The molecule has 0 aromatic rings. The van der Waals surface area contributed by atoms with Crippen LogP contribution in [0.15, 0.2) is 21.8 Å². The van der Waals surface area contributed by atoms with Gasteiger partial charge in [-0.1, -0.05) is 53.7 Å². The quantitative estimate of drug-likeness (QED) is 0.500. The average molecular weight is 282 g/mol. The SMILES string of the molecule is CCCCC(/C=C\I)=C/CCF. The van der Waals surface area contributed by atoms with E-state index in [1.165, 1.54) is 18.4 Å². The van der Waals surface area contributed by atoms with Gasteiger partial charge in [-0.15, -0.1) is 0 Å². The standard InChI is InChI=1S/C10H16FI/c1-2-3-5-10(7-9-12)6-4-8-11/h6-7,9H,2-5,8H2,1H3/b9-7-,10-6-. The fraction of sp³-hybridized carbons (Fsp3) is 0.600. The Kier molecular flexibility index (Phi) is 9.34. The van der Waals surface area contributed by atoms with Crippen molar-refractivity contribution < 1.29 is 4.39 Å². The van der Waals surface area contributed by atoms with E-state index in [-0.39, 0.29) is 6.67 Å². The lowest BCUT2D eigenvalue weighted by molar-refractivity contribution is 0.500. The Morgan fingerprint density at radius 1 is 1.50 bits per heavy atom. The van der Waals surface area contributed by atoms with Crippen LogP contribution in [0.25, 0.3) is 0 Å². The second-order valence-electron chi connectivity index (χ2n) is 2.65. The van der Waals surface area contributed by atoms with Crippen LogP contribution in [-0.2, 0) is 0 Å². The summed E-state index contributed by atoms with van der Waals surface area (Å²) < 4.78 is 13.8. The van der Waals surface area contributed by atoms with E-state index in [0.29, 0.717) is 6.42 Å². The van der Waals surface area contributed by atoms with Crippen molar-refractivity contribution in [2.24, 2.45) is 0 Å². The van der Waals surface area contributed by atoms with Gasteiger partial charge in [0.2, 0.25) is 0 Å². The molecule has 2 heteroatoms. The molecule has 0 fully saturated rings. The van der Waals surface area contributed by atoms with Crippen LogP contribution in [0.2, 0.25) is 0 Å². The van der Waals surface area contributed by atoms with Crippen LogP contribution in [-0.4, -0.2) is 6.67 Å². The normalized spacial score (nSPS) is 12.8. The zero-order chi connectivity index (χ0) is 9.23. The molecule has 0 aromatic heterocycles. The molecule has 70 valence electrons. The highest BCUT2D eigenvalue weighted by Crippen LogP contribution is 2.10. The number of unbranched alkanes of at least 4 members (excludes halogenated alkanes) is 1. The zero-order valence-corrected chi connectivity index (χ0v) is 9.68. The van der Waals surface area contributed by atoms with Gasteiger partial charge in [-0.25, -0.2) is 0 Å². The van der Waals surface area contributed by atoms with E-state index < -0.39 is 0 Å². The van der Waals surface area contributed by atoms with Crippen LogP contribution in [0, 0.1) is 0 Å². The van der Waals surface area contributed by atoms with Crippen LogP contribution in [0.5, 0.6) is 0 Å². The van der Waals surface area contributed by atoms with E-state index in [2.05, 4.69) is 35.6 Å². The molecule has 0 atom stereocenters. The average Bonchev–Trinajstić information content (AvgIpc) is 2.10. The molecule has 0 spiro atoms. The maximum Gasteiger partial charge on any atom is 0.0929 e. The van der Waals surface area contributed by atoms with Crippen molar-refractivity contribution in [2.45, 2.75) is 32.6 Å². The molecule has 12 heavy (non-hydrogen) atoms. The first kappa shape index (κ1) is 12.1. The van der Waals surface area contributed by atoms with Crippen LogP contribution in [0.4, 0.5) is 4.39 Å². The highest BCUT2D eigenvalue weighted by atomic mass is 127. The van der Waals surface area contributed by atoms with Gasteiger partial charge >= 0.3 is 0 Å². The monoisotopic (exact) mass is 282 g/mol. The predicted octanol–water partition coefficient (Wildman–Crippen LogP) is 4.41. The molecule has 0 heterocycles. The molecule has 0 nitrogen and oxygen atoms in total. The van der Waals surface area contributed by atoms with Crippen LogP contribution >= 0.6 is 22.6 Å². The molecule has 0 aliphatic carbocycles. The summed E-state index contributed by atoms with van der Waals surface area (Å²) in [5, 5.41) is 0. The lowest BCUT2D eigenvalue weighted by Gasteiger charge is -1.99. The minimum atomic E-state index is -0.245. The topological polar surface area (TPSA) is 0 Å². The van der Waals surface area contributed by atoms with Crippen LogP contribution < -0.4 is 0 Å². The third-order valence-corrected chi connectivity index (χ3v) is 1.97. The minimum Gasteiger partial charge on any atom is -0.251 e. The number of halogens is 2. The Morgan fingerprint density at radius 2 is 2.25 bits per heavy atom. The molecular formula is C10H16FI. The number of alkyl halides is 1. The zero-order valence-electron chi connectivity index (χ0n) is 7.52. The minimum absolute atomic E-state index is 0.245. The molecule has 0 aliphatic rings. The molecule has 0 unspecified atom stereocenters. The summed E-state index contributed by atoms with van der Waals surface area (Å²) in [4.78, 5) is 0. The molecule has 0 N–H and O–H groups in total. The van der Waals surface area contributed by atoms with Crippen LogP contribution in [0.1, 0.15) is 32.6 Å². The van der Waals surface area contributed by atoms with E-state index in [4.69, 9.17) is 0 Å². The van der Waals surface area contributed by atoms with Gasteiger partial charge < -0.3 is 0 Å². The molecule has 0 saturated carbocycles. The summed E-state index contributed by atoms with van der Waals surface area (Å²) in [7, 11) is 0. The van der Waals surface area contributed by atoms with Gasteiger partial charge in [0.25, 0.3) is 0 Å². The number of hydrogen-bond donors (Lipinski definition) is 0. The van der Waals surface area contributed by atoms with Gasteiger partial charge in [-0.3, -0.25) is 4.39 Å². The summed E-state index contributed by atoms with van der Waals surface area (Å²) in [6, 6.07) is 0. The first-order valence-corrected chi connectivity index (χ1v) is 5.61. The molecule has 0 aliphatic heterocycles. The van der Waals surface area contributed by atoms with Crippen molar-refractivity contribution >= 4 is 22.6 Å². The molecule has 0 saturated heterocycles. The predicted molar refractivity (Wildman–Crippen MR) is 61.4 cm³/mol.